The Morgan fingerprint density at radius 2 is 1.80 bits per heavy atom. The van der Waals surface area contributed by atoms with Gasteiger partial charge in [-0.05, 0) is 41.7 Å². The molecular formula is C15H23BrFN3. The van der Waals surface area contributed by atoms with Crippen molar-refractivity contribution in [3.8, 4) is 0 Å². The number of halogens is 2. The zero-order chi connectivity index (χ0) is 14.5. The fourth-order valence-electron chi connectivity index (χ4n) is 2.42. The Morgan fingerprint density at radius 3 is 2.45 bits per heavy atom. The summed E-state index contributed by atoms with van der Waals surface area (Å²) < 4.78 is 14.1. The van der Waals surface area contributed by atoms with Gasteiger partial charge in [-0.3, -0.25) is 9.80 Å². The van der Waals surface area contributed by atoms with Crippen LogP contribution in [0.3, 0.4) is 0 Å². The highest BCUT2D eigenvalue weighted by atomic mass is 79.9. The predicted molar refractivity (Wildman–Crippen MR) is 84.4 cm³/mol. The molecule has 0 saturated carbocycles. The molecule has 0 N–H and O–H groups in total. The molecule has 0 atom stereocenters. The summed E-state index contributed by atoms with van der Waals surface area (Å²) in [6.45, 7) is 7.36. The summed E-state index contributed by atoms with van der Waals surface area (Å²) in [4.78, 5) is 7.11. The third-order valence-corrected chi connectivity index (χ3v) is 4.64. The molecule has 1 aromatic rings. The third-order valence-electron chi connectivity index (χ3n) is 3.75. The van der Waals surface area contributed by atoms with Gasteiger partial charge >= 0.3 is 0 Å². The zero-order valence-corrected chi connectivity index (χ0v) is 13.9. The fraction of sp³-hybridized carbons (Fsp3) is 0.600. The van der Waals surface area contributed by atoms with Crippen LogP contribution < -0.4 is 0 Å². The second kappa shape index (κ2) is 7.50. The van der Waals surface area contributed by atoms with Gasteiger partial charge in [0, 0.05) is 45.8 Å². The van der Waals surface area contributed by atoms with E-state index in [9.17, 15) is 4.39 Å². The molecule has 3 nitrogen and oxygen atoms in total. The van der Waals surface area contributed by atoms with Crippen LogP contribution in [0.15, 0.2) is 22.7 Å². The largest absolute Gasteiger partial charge is 0.308 e. The highest BCUT2D eigenvalue weighted by molar-refractivity contribution is 9.10. The number of nitrogens with zero attached hydrogens (tertiary/aromatic N) is 3. The van der Waals surface area contributed by atoms with Crippen LogP contribution in [0, 0.1) is 5.82 Å². The van der Waals surface area contributed by atoms with Gasteiger partial charge in [0.25, 0.3) is 0 Å². The number of likely N-dealkylation sites (N-methyl/N-ethyl adjacent to an activating group) is 1. The lowest BCUT2D eigenvalue weighted by Gasteiger charge is -2.35. The van der Waals surface area contributed by atoms with Gasteiger partial charge in [0.05, 0.1) is 4.47 Å². The smallest absolute Gasteiger partial charge is 0.137 e. The molecule has 0 amide bonds. The van der Waals surface area contributed by atoms with Crippen LogP contribution in [0.2, 0.25) is 0 Å². The summed E-state index contributed by atoms with van der Waals surface area (Å²) >= 11 is 3.34. The second-order valence-electron chi connectivity index (χ2n) is 5.63. The molecule has 1 aliphatic heterocycles. The maximum Gasteiger partial charge on any atom is 0.137 e. The summed E-state index contributed by atoms with van der Waals surface area (Å²) in [5.74, 6) is -0.174. The number of hydrogen-bond donors (Lipinski definition) is 0. The molecule has 1 saturated heterocycles. The fourth-order valence-corrected chi connectivity index (χ4v) is 2.81. The van der Waals surface area contributed by atoms with E-state index in [2.05, 4.69) is 44.7 Å². The van der Waals surface area contributed by atoms with E-state index in [-0.39, 0.29) is 5.82 Å². The molecule has 0 bridgehead atoms. The van der Waals surface area contributed by atoms with Crippen LogP contribution in [0.25, 0.3) is 0 Å². The van der Waals surface area contributed by atoms with Gasteiger partial charge in [-0.15, -0.1) is 0 Å². The Bertz CT molecular complexity index is 431. The van der Waals surface area contributed by atoms with Gasteiger partial charge in [0.2, 0.25) is 0 Å². The molecule has 20 heavy (non-hydrogen) atoms. The van der Waals surface area contributed by atoms with Crippen molar-refractivity contribution in [1.82, 2.24) is 14.7 Å². The van der Waals surface area contributed by atoms with Crippen LogP contribution in [0.4, 0.5) is 4.39 Å². The average Bonchev–Trinajstić information content (AvgIpc) is 2.43. The van der Waals surface area contributed by atoms with Crippen molar-refractivity contribution in [3.05, 3.63) is 34.1 Å². The number of hydrogen-bond acceptors (Lipinski definition) is 3. The maximum absolute atomic E-state index is 13.5. The standard InChI is InChI=1S/C15H23BrFN3/c1-18(2)6-7-19-8-10-20(11-9-19)12-13-4-3-5-14(17)15(13)16/h3-5H,6-12H2,1-2H3. The van der Waals surface area contributed by atoms with Crippen LogP contribution in [0.5, 0.6) is 0 Å². The normalized spacial score (nSPS) is 17.9. The summed E-state index contributed by atoms with van der Waals surface area (Å²) in [6, 6.07) is 5.26. The SMILES string of the molecule is CN(C)CCN1CCN(Cc2cccc(F)c2Br)CC1. The third kappa shape index (κ3) is 4.52. The molecule has 1 fully saturated rings. The molecular weight excluding hydrogens is 321 g/mol. The van der Waals surface area contributed by atoms with Crippen molar-refractivity contribution in [2.75, 3.05) is 53.4 Å². The van der Waals surface area contributed by atoms with Gasteiger partial charge in [-0.1, -0.05) is 12.1 Å². The van der Waals surface area contributed by atoms with E-state index in [1.165, 1.54) is 6.07 Å². The molecule has 1 heterocycles. The van der Waals surface area contributed by atoms with Crippen LogP contribution in [0.1, 0.15) is 5.56 Å². The van der Waals surface area contributed by atoms with E-state index in [1.807, 2.05) is 6.07 Å². The first-order valence-corrected chi connectivity index (χ1v) is 7.88. The maximum atomic E-state index is 13.5. The van der Waals surface area contributed by atoms with Gasteiger partial charge < -0.3 is 4.90 Å². The van der Waals surface area contributed by atoms with Gasteiger partial charge in [0.15, 0.2) is 0 Å². The lowest BCUT2D eigenvalue weighted by atomic mass is 10.2. The zero-order valence-electron chi connectivity index (χ0n) is 12.3. The first-order valence-electron chi connectivity index (χ1n) is 7.08. The molecule has 0 aliphatic carbocycles. The summed E-state index contributed by atoms with van der Waals surface area (Å²) in [5.41, 5.74) is 1.03. The van der Waals surface area contributed by atoms with Crippen LogP contribution >= 0.6 is 15.9 Å². The minimum Gasteiger partial charge on any atom is -0.308 e. The Labute approximate surface area is 129 Å². The molecule has 1 aliphatic rings. The molecule has 0 aromatic heterocycles. The van der Waals surface area contributed by atoms with Gasteiger partial charge in [-0.2, -0.15) is 0 Å². The molecule has 0 unspecified atom stereocenters. The summed E-state index contributed by atoms with van der Waals surface area (Å²) in [5, 5.41) is 0. The van der Waals surface area contributed by atoms with E-state index >= 15 is 0 Å². The topological polar surface area (TPSA) is 9.72 Å². The van der Waals surface area contributed by atoms with E-state index < -0.39 is 0 Å². The average molecular weight is 344 g/mol. The molecule has 0 radical (unpaired) electrons. The lowest BCUT2D eigenvalue weighted by molar-refractivity contribution is 0.120. The summed E-state index contributed by atoms with van der Waals surface area (Å²) in [7, 11) is 4.22. The highest BCUT2D eigenvalue weighted by Crippen LogP contribution is 2.22. The van der Waals surface area contributed by atoms with E-state index in [0.29, 0.717) is 4.47 Å². The van der Waals surface area contributed by atoms with E-state index in [4.69, 9.17) is 0 Å². The minimum absolute atomic E-state index is 0.174. The second-order valence-corrected chi connectivity index (χ2v) is 6.43. The minimum atomic E-state index is -0.174. The monoisotopic (exact) mass is 343 g/mol. The van der Waals surface area contributed by atoms with Crippen LogP contribution in [-0.2, 0) is 6.54 Å². The Kier molecular flexibility index (Phi) is 5.96. The first kappa shape index (κ1) is 15.9. The van der Waals surface area contributed by atoms with E-state index in [0.717, 1.165) is 51.4 Å². The Balaban J connectivity index is 1.81. The van der Waals surface area contributed by atoms with Crippen molar-refractivity contribution in [3.63, 3.8) is 0 Å². The highest BCUT2D eigenvalue weighted by Gasteiger charge is 2.18. The Hall–Kier alpha value is -0.490. The first-order chi connectivity index (χ1) is 9.56. The molecule has 5 heteroatoms. The Morgan fingerprint density at radius 1 is 1.15 bits per heavy atom. The predicted octanol–water partition coefficient (Wildman–Crippen LogP) is 2.27. The van der Waals surface area contributed by atoms with Crippen molar-refractivity contribution in [1.29, 1.82) is 0 Å². The lowest BCUT2D eigenvalue weighted by Crippen LogP contribution is -2.47. The quantitative estimate of drug-likeness (QED) is 0.811. The van der Waals surface area contributed by atoms with Crippen molar-refractivity contribution in [2.45, 2.75) is 6.54 Å². The van der Waals surface area contributed by atoms with Crippen molar-refractivity contribution in [2.24, 2.45) is 0 Å². The molecule has 112 valence electrons. The van der Waals surface area contributed by atoms with Crippen molar-refractivity contribution >= 4 is 15.9 Å². The van der Waals surface area contributed by atoms with Gasteiger partial charge in [-0.25, -0.2) is 4.39 Å². The molecule has 0 spiro atoms. The number of rotatable bonds is 5. The number of benzene rings is 1. The van der Waals surface area contributed by atoms with Crippen LogP contribution in [-0.4, -0.2) is 68.1 Å². The molecule has 2 rings (SSSR count). The van der Waals surface area contributed by atoms with Gasteiger partial charge in [0.1, 0.15) is 5.82 Å². The summed E-state index contributed by atoms with van der Waals surface area (Å²) in [6.07, 6.45) is 0. The van der Waals surface area contributed by atoms with Crippen molar-refractivity contribution < 1.29 is 4.39 Å². The molecule has 1 aromatic carbocycles. The van der Waals surface area contributed by atoms with E-state index in [1.54, 1.807) is 6.07 Å². The number of piperazine rings is 1.